The van der Waals surface area contributed by atoms with Crippen LogP contribution in [0.3, 0.4) is 0 Å². The Morgan fingerprint density at radius 2 is 0.580 bits per heavy atom. The molecule has 0 atom stereocenters. The minimum Gasteiger partial charge on any atom is -0.456 e. The second-order valence-corrected chi connectivity index (χ2v) is 24.6. The quantitative estimate of drug-likeness (QED) is 0.0480. The van der Waals surface area contributed by atoms with Gasteiger partial charge in [-0.2, -0.15) is 0 Å². The number of Topliss-reactive ketones (excluding diaryl/α,β-unsaturated/α-hetero) is 5. The molecule has 0 saturated heterocycles. The molecule has 554 valence electrons. The molecule has 15 aromatic rings. The summed E-state index contributed by atoms with van der Waals surface area (Å²) in [5.74, 6) is 4.99. The Morgan fingerprint density at radius 1 is 0.268 bits per heavy atom. The van der Waals surface area contributed by atoms with Crippen LogP contribution in [-0.2, 0) is 32.1 Å². The maximum atomic E-state index is 12.4. The van der Waals surface area contributed by atoms with Crippen LogP contribution in [0.2, 0.25) is 0 Å². The van der Waals surface area contributed by atoms with Gasteiger partial charge in [0.15, 0.2) is 40.4 Å². The average molecular weight is 1510 g/mol. The van der Waals surface area contributed by atoms with Crippen molar-refractivity contribution in [3.8, 4) is 57.5 Å². The molecule has 0 aliphatic heterocycles. The summed E-state index contributed by atoms with van der Waals surface area (Å²) in [6.45, 7) is 5.70. The lowest BCUT2D eigenvalue weighted by atomic mass is 10.1. The van der Waals surface area contributed by atoms with Crippen molar-refractivity contribution < 1.29 is 47.7 Å². The molecule has 0 aliphatic carbocycles. The van der Waals surface area contributed by atoms with Crippen molar-refractivity contribution in [2.75, 3.05) is 0 Å². The third kappa shape index (κ3) is 25.9. The third-order valence-corrected chi connectivity index (χ3v) is 15.9. The summed E-state index contributed by atoms with van der Waals surface area (Å²) < 4.78 is 28.2. The van der Waals surface area contributed by atoms with E-state index in [1.54, 1.807) is 196 Å². The van der Waals surface area contributed by atoms with Crippen molar-refractivity contribution in [3.63, 3.8) is 0 Å². The number of ether oxygens (including phenoxy) is 5. The number of carbonyl (C=O) groups is 5. The molecule has 0 saturated carbocycles. The van der Waals surface area contributed by atoms with Gasteiger partial charge in [0.05, 0.1) is 75.5 Å². The van der Waals surface area contributed by atoms with Gasteiger partial charge >= 0.3 is 0 Å². The number of carbonyl (C=O) groups excluding carboxylic acids is 5. The predicted molar refractivity (Wildman–Crippen MR) is 412 cm³/mol. The molecule has 0 amide bonds. The summed E-state index contributed by atoms with van der Waals surface area (Å²) in [6.07, 6.45) is 31.0. The van der Waals surface area contributed by atoms with E-state index in [0.717, 1.165) is 33.5 Å². The molecular weight excluding hydrogens is 1440 g/mol. The summed E-state index contributed by atoms with van der Waals surface area (Å²) in [6, 6.07) is 49.4. The molecule has 0 fully saturated rings. The van der Waals surface area contributed by atoms with Gasteiger partial charge in [-0.05, 0) is 136 Å². The molecular formula is C84H67N17O10S. The van der Waals surface area contributed by atoms with Crippen molar-refractivity contribution in [3.05, 3.63) is 367 Å². The maximum absolute atomic E-state index is 12.4. The van der Waals surface area contributed by atoms with E-state index in [9.17, 15) is 24.0 Å². The van der Waals surface area contributed by atoms with E-state index < -0.39 is 0 Å². The lowest BCUT2D eigenvalue weighted by Gasteiger charge is -2.06. The van der Waals surface area contributed by atoms with Gasteiger partial charge < -0.3 is 23.7 Å². The number of aryl methyl sites for hydroxylation is 3. The Bertz CT molecular complexity index is 5270. The average Bonchev–Trinajstić information content (AvgIpc) is 1.58. The van der Waals surface area contributed by atoms with Crippen molar-refractivity contribution in [2.24, 2.45) is 0 Å². The highest BCUT2D eigenvalue weighted by atomic mass is 32.1. The molecule has 0 bridgehead atoms. The molecule has 0 radical (unpaired) electrons. The normalized spacial score (nSPS) is 10.3. The Hall–Kier alpha value is -15.1. The first-order valence-electron chi connectivity index (χ1n) is 34.4. The first-order chi connectivity index (χ1) is 54.7. The molecule has 15 rings (SSSR count). The highest BCUT2D eigenvalue weighted by molar-refractivity contribution is 7.09. The maximum Gasteiger partial charge on any atom is 0.188 e. The summed E-state index contributed by atoms with van der Waals surface area (Å²) in [5.41, 5.74) is 7.31. The summed E-state index contributed by atoms with van der Waals surface area (Å²) in [5, 5.41) is 2.72. The largest absolute Gasteiger partial charge is 0.456 e. The van der Waals surface area contributed by atoms with E-state index in [1.165, 1.54) is 36.4 Å². The monoisotopic (exact) mass is 1510 g/mol. The number of ketones is 5. The van der Waals surface area contributed by atoms with Crippen LogP contribution < -0.4 is 23.7 Å². The molecule has 0 unspecified atom stereocenters. The van der Waals surface area contributed by atoms with Gasteiger partial charge in [-0.3, -0.25) is 83.8 Å². The molecule has 0 aliphatic rings. The van der Waals surface area contributed by atoms with Gasteiger partial charge in [-0.1, -0.05) is 24.3 Å². The highest BCUT2D eigenvalue weighted by Gasteiger charge is 2.17. The number of hydrogen-bond donors (Lipinski definition) is 0. The number of pyridine rings is 12. The molecule has 15 aromatic heterocycles. The minimum absolute atomic E-state index is 0.0778. The molecule has 0 spiro atoms. The minimum atomic E-state index is -0.117. The van der Waals surface area contributed by atoms with Gasteiger partial charge in [-0.25, -0.2) is 24.9 Å². The zero-order valence-corrected chi connectivity index (χ0v) is 61.2. The Balaban J connectivity index is 0.000000138. The fourth-order valence-electron chi connectivity index (χ4n) is 9.85. The SMILES string of the molecule is Cc1cccc(CC(=O)c2cc(Oc3cccnc3)ccn2)n1.Cc1cccc(CC(=O)c2cc(Oc3cncnc3)ccn2)n1.Cc1csc(CC(=O)c2cc(Oc3cccnc3)ccn2)n1.O=C(Cc1ccccn1)c1cc(Oc2cccnc2)ccn1.O=C(Cc1ccccn1)c1cc(Oc2cncnc2)ccn1. The van der Waals surface area contributed by atoms with Gasteiger partial charge in [0.25, 0.3) is 0 Å². The van der Waals surface area contributed by atoms with Crippen LogP contribution in [0.1, 0.15) is 97.3 Å². The van der Waals surface area contributed by atoms with E-state index in [2.05, 4.69) is 84.7 Å². The number of rotatable bonds is 25. The van der Waals surface area contributed by atoms with Crippen molar-refractivity contribution in [1.82, 2.24) is 84.7 Å². The second-order valence-electron chi connectivity index (χ2n) is 23.7. The molecule has 112 heavy (non-hydrogen) atoms. The smallest absolute Gasteiger partial charge is 0.188 e. The first-order valence-corrected chi connectivity index (χ1v) is 35.2. The Morgan fingerprint density at radius 3 is 0.875 bits per heavy atom. The van der Waals surface area contributed by atoms with Gasteiger partial charge in [0.1, 0.15) is 92.1 Å². The van der Waals surface area contributed by atoms with Crippen LogP contribution in [0, 0.1) is 20.8 Å². The van der Waals surface area contributed by atoms with E-state index in [0.29, 0.717) is 97.4 Å². The van der Waals surface area contributed by atoms with Crippen LogP contribution >= 0.6 is 11.3 Å². The molecule has 15 heterocycles. The van der Waals surface area contributed by atoms with Crippen molar-refractivity contribution in [2.45, 2.75) is 52.9 Å². The van der Waals surface area contributed by atoms with Crippen molar-refractivity contribution >= 4 is 40.3 Å². The molecule has 28 heteroatoms. The Kier molecular flexibility index (Phi) is 28.7. The van der Waals surface area contributed by atoms with Crippen LogP contribution in [0.5, 0.6) is 57.5 Å². The number of aromatic nitrogens is 17. The molecule has 0 N–H and O–H groups in total. The lowest BCUT2D eigenvalue weighted by Crippen LogP contribution is -2.07. The standard InChI is InChI=1S/C18H15N3O2.C17H14N4O2.C17H13N3O2.C16H12N4O2.C16H13N3O2S/c1-13-4-2-5-14(21-13)10-18(22)17-11-15(7-9-20-17)23-16-6-3-8-19-12-16;1-12-3-2-4-13(21-12)7-17(22)16-8-14(5-6-20-16)23-15-9-18-11-19-10-15;21-17(10-13-4-1-2-8-19-13)16-11-14(6-9-20-16)22-15-5-3-7-18-12-15;21-16(7-12-3-1-2-5-19-12)15-8-13(4-6-20-15)22-14-9-17-11-18-10-14;1-11-10-22-16(19-11)8-15(20)14-7-12(4-6-18-14)21-13-3-2-5-17-9-13/h2-9,11-12H,10H2,1H3;2-6,8-11H,7H2,1H3;1-9,11-12H,10H2;1-6,8-11H,7H2;2-7,9-10H,8H2,1H3. The third-order valence-electron chi connectivity index (χ3n) is 14.9. The van der Waals surface area contributed by atoms with Crippen LogP contribution in [-0.4, -0.2) is 114 Å². The first kappa shape index (κ1) is 78.0. The van der Waals surface area contributed by atoms with Crippen molar-refractivity contribution in [1.29, 1.82) is 0 Å². The number of nitrogens with zero attached hydrogens (tertiary/aromatic N) is 17. The fraction of sp³-hybridized carbons (Fsp3) is 0.0952. The number of thiazole rings is 1. The summed E-state index contributed by atoms with van der Waals surface area (Å²) in [7, 11) is 0. The van der Waals surface area contributed by atoms with Crippen LogP contribution in [0.4, 0.5) is 0 Å². The molecule has 0 aromatic carbocycles. The topological polar surface area (TPSA) is 351 Å². The predicted octanol–water partition coefficient (Wildman–Crippen LogP) is 15.2. The zero-order chi connectivity index (χ0) is 77.9. The van der Waals surface area contributed by atoms with Gasteiger partial charge in [-0.15, -0.1) is 11.3 Å². The van der Waals surface area contributed by atoms with Crippen LogP contribution in [0.15, 0.2) is 293 Å². The summed E-state index contributed by atoms with van der Waals surface area (Å²) >= 11 is 1.48. The van der Waals surface area contributed by atoms with E-state index in [1.807, 2.05) is 92.9 Å². The fourth-order valence-corrected chi connectivity index (χ4v) is 10.6. The zero-order valence-electron chi connectivity index (χ0n) is 60.3. The molecule has 27 nitrogen and oxygen atoms in total. The van der Waals surface area contributed by atoms with E-state index in [-0.39, 0.29) is 61.0 Å². The Labute approximate surface area is 646 Å². The van der Waals surface area contributed by atoms with Gasteiger partial charge in [0, 0.05) is 138 Å². The van der Waals surface area contributed by atoms with Crippen LogP contribution in [0.25, 0.3) is 0 Å². The second kappa shape index (κ2) is 41.2. The van der Waals surface area contributed by atoms with E-state index in [4.69, 9.17) is 23.7 Å². The highest BCUT2D eigenvalue weighted by Crippen LogP contribution is 2.26. The van der Waals surface area contributed by atoms with E-state index >= 15 is 0 Å². The number of hydrogen-bond acceptors (Lipinski definition) is 28. The summed E-state index contributed by atoms with van der Waals surface area (Å²) in [4.78, 5) is 131. The lowest BCUT2D eigenvalue weighted by molar-refractivity contribution is 0.0978. The van der Waals surface area contributed by atoms with Gasteiger partial charge in [0.2, 0.25) is 0 Å².